The number of nitrogens with zero attached hydrogens (tertiary/aromatic N) is 3. The summed E-state index contributed by atoms with van der Waals surface area (Å²) < 4.78 is 5.00. The number of aliphatic imine (C=N–C) groups is 1. The molecule has 0 radical (unpaired) electrons. The van der Waals surface area contributed by atoms with Gasteiger partial charge in [0.25, 0.3) is 0 Å². The summed E-state index contributed by atoms with van der Waals surface area (Å²) in [5.41, 5.74) is 0. The summed E-state index contributed by atoms with van der Waals surface area (Å²) >= 11 is 0. The van der Waals surface area contributed by atoms with Crippen molar-refractivity contribution < 1.29 is 4.52 Å². The van der Waals surface area contributed by atoms with Crippen LogP contribution in [0.2, 0.25) is 0 Å². The van der Waals surface area contributed by atoms with Crippen LogP contribution in [0.15, 0.2) is 9.52 Å². The van der Waals surface area contributed by atoms with Crippen molar-refractivity contribution in [1.29, 1.82) is 0 Å². The van der Waals surface area contributed by atoms with Gasteiger partial charge in [0, 0.05) is 26.1 Å². The Hall–Kier alpha value is -0.860. The summed E-state index contributed by atoms with van der Waals surface area (Å²) in [5.74, 6) is 2.09. The first kappa shape index (κ1) is 16.1. The van der Waals surface area contributed by atoms with Gasteiger partial charge in [-0.15, -0.1) is 24.0 Å². The molecule has 2 N–H and O–H groups in total. The molecule has 0 fully saturated rings. The fourth-order valence-corrected chi connectivity index (χ4v) is 1.20. The Labute approximate surface area is 119 Å². The van der Waals surface area contributed by atoms with Crippen LogP contribution >= 0.6 is 24.0 Å². The minimum Gasteiger partial charge on any atom is -0.356 e. The SMILES string of the molecule is CN=C(NCCc1nc(C)no1)NC(C)C.I. The number of aromatic nitrogens is 2. The number of halogens is 1. The molecule has 1 aromatic heterocycles. The number of rotatable bonds is 4. The molecular formula is C10H20IN5O. The molecule has 1 rings (SSSR count). The van der Waals surface area contributed by atoms with Crippen LogP contribution in [0.25, 0.3) is 0 Å². The summed E-state index contributed by atoms with van der Waals surface area (Å²) in [7, 11) is 1.74. The van der Waals surface area contributed by atoms with E-state index in [9.17, 15) is 0 Å². The van der Waals surface area contributed by atoms with E-state index in [1.807, 2.05) is 0 Å². The van der Waals surface area contributed by atoms with Crippen molar-refractivity contribution in [1.82, 2.24) is 20.8 Å². The van der Waals surface area contributed by atoms with Crippen LogP contribution in [0.5, 0.6) is 0 Å². The number of hydrogen-bond donors (Lipinski definition) is 2. The highest BCUT2D eigenvalue weighted by molar-refractivity contribution is 14.0. The molecule has 17 heavy (non-hydrogen) atoms. The molecule has 1 aromatic rings. The van der Waals surface area contributed by atoms with E-state index >= 15 is 0 Å². The van der Waals surface area contributed by atoms with Gasteiger partial charge >= 0.3 is 0 Å². The molecule has 0 aliphatic carbocycles. The summed E-state index contributed by atoms with van der Waals surface area (Å²) in [6, 6.07) is 0.358. The third kappa shape index (κ3) is 6.44. The maximum atomic E-state index is 5.00. The average molecular weight is 353 g/mol. The normalized spacial score (nSPS) is 11.2. The van der Waals surface area contributed by atoms with Crippen molar-refractivity contribution >= 4 is 29.9 Å². The summed E-state index contributed by atoms with van der Waals surface area (Å²) in [6.45, 7) is 6.65. The monoisotopic (exact) mass is 353 g/mol. The van der Waals surface area contributed by atoms with E-state index < -0.39 is 0 Å². The predicted octanol–water partition coefficient (Wildman–Crippen LogP) is 1.11. The zero-order valence-corrected chi connectivity index (χ0v) is 13.0. The summed E-state index contributed by atoms with van der Waals surface area (Å²) in [5, 5.41) is 10.1. The minimum absolute atomic E-state index is 0. The lowest BCUT2D eigenvalue weighted by Gasteiger charge is -2.13. The van der Waals surface area contributed by atoms with Gasteiger partial charge in [-0.25, -0.2) is 0 Å². The van der Waals surface area contributed by atoms with Gasteiger partial charge in [0.1, 0.15) is 0 Å². The van der Waals surface area contributed by atoms with Gasteiger partial charge in [0.15, 0.2) is 11.8 Å². The van der Waals surface area contributed by atoms with E-state index in [0.717, 1.165) is 5.96 Å². The topological polar surface area (TPSA) is 75.3 Å². The van der Waals surface area contributed by atoms with Crippen LogP contribution in [0.1, 0.15) is 25.6 Å². The van der Waals surface area contributed by atoms with Gasteiger partial charge in [0.2, 0.25) is 5.89 Å². The van der Waals surface area contributed by atoms with Gasteiger partial charge in [-0.3, -0.25) is 4.99 Å². The molecule has 0 aliphatic heterocycles. The smallest absolute Gasteiger partial charge is 0.228 e. The van der Waals surface area contributed by atoms with Crippen LogP contribution in [-0.4, -0.2) is 35.7 Å². The molecule has 0 amide bonds. The zero-order chi connectivity index (χ0) is 12.0. The fraction of sp³-hybridized carbons (Fsp3) is 0.700. The highest BCUT2D eigenvalue weighted by Crippen LogP contribution is 1.95. The standard InChI is InChI=1S/C10H19N5O.HI/c1-7(2)13-10(11-4)12-6-5-9-14-8(3)15-16-9;/h7H,5-6H2,1-4H3,(H2,11,12,13);1H. The van der Waals surface area contributed by atoms with Crippen LogP contribution < -0.4 is 10.6 Å². The van der Waals surface area contributed by atoms with Crippen molar-refractivity contribution in [3.8, 4) is 0 Å². The largest absolute Gasteiger partial charge is 0.356 e. The number of nitrogens with one attached hydrogen (secondary N) is 2. The highest BCUT2D eigenvalue weighted by Gasteiger charge is 2.03. The Morgan fingerprint density at radius 2 is 2.18 bits per heavy atom. The van der Waals surface area contributed by atoms with Crippen molar-refractivity contribution in [3.63, 3.8) is 0 Å². The molecule has 0 spiro atoms. The van der Waals surface area contributed by atoms with Crippen LogP contribution in [0, 0.1) is 6.92 Å². The minimum atomic E-state index is 0. The van der Waals surface area contributed by atoms with Gasteiger partial charge in [-0.1, -0.05) is 5.16 Å². The lowest BCUT2D eigenvalue weighted by Crippen LogP contribution is -2.41. The van der Waals surface area contributed by atoms with E-state index in [-0.39, 0.29) is 24.0 Å². The highest BCUT2D eigenvalue weighted by atomic mass is 127. The third-order valence-corrected chi connectivity index (χ3v) is 1.85. The van der Waals surface area contributed by atoms with Crippen LogP contribution in [0.4, 0.5) is 0 Å². The Morgan fingerprint density at radius 3 is 2.65 bits per heavy atom. The number of hydrogen-bond acceptors (Lipinski definition) is 4. The van der Waals surface area contributed by atoms with Crippen molar-refractivity contribution in [2.24, 2.45) is 4.99 Å². The van der Waals surface area contributed by atoms with Gasteiger partial charge in [-0.05, 0) is 20.8 Å². The molecule has 6 nitrogen and oxygen atoms in total. The number of aryl methyl sites for hydroxylation is 1. The second kappa shape index (κ2) is 8.26. The predicted molar refractivity (Wildman–Crippen MR) is 77.8 cm³/mol. The summed E-state index contributed by atoms with van der Waals surface area (Å²) in [4.78, 5) is 8.21. The Kier molecular flexibility index (Phi) is 7.85. The Balaban J connectivity index is 0.00000256. The van der Waals surface area contributed by atoms with Crippen molar-refractivity contribution in [2.75, 3.05) is 13.6 Å². The maximum Gasteiger partial charge on any atom is 0.228 e. The molecule has 0 aromatic carbocycles. The third-order valence-electron chi connectivity index (χ3n) is 1.85. The molecule has 7 heteroatoms. The molecule has 0 saturated carbocycles. The van der Waals surface area contributed by atoms with Gasteiger partial charge in [0.05, 0.1) is 0 Å². The molecular weight excluding hydrogens is 333 g/mol. The molecule has 98 valence electrons. The quantitative estimate of drug-likeness (QED) is 0.482. The van der Waals surface area contributed by atoms with Gasteiger partial charge < -0.3 is 15.2 Å². The molecule has 0 saturated heterocycles. The Morgan fingerprint density at radius 1 is 1.47 bits per heavy atom. The molecule has 0 unspecified atom stereocenters. The average Bonchev–Trinajstić information content (AvgIpc) is 2.62. The second-order valence-corrected chi connectivity index (χ2v) is 3.78. The van der Waals surface area contributed by atoms with E-state index in [4.69, 9.17) is 4.52 Å². The molecule has 0 bridgehead atoms. The van der Waals surface area contributed by atoms with E-state index in [0.29, 0.717) is 30.7 Å². The van der Waals surface area contributed by atoms with Crippen LogP contribution in [0.3, 0.4) is 0 Å². The zero-order valence-electron chi connectivity index (χ0n) is 10.6. The molecule has 0 atom stereocenters. The lowest BCUT2D eigenvalue weighted by atomic mass is 10.4. The van der Waals surface area contributed by atoms with Crippen LogP contribution in [-0.2, 0) is 6.42 Å². The Bertz CT molecular complexity index is 350. The van der Waals surface area contributed by atoms with Crippen molar-refractivity contribution in [3.05, 3.63) is 11.7 Å². The van der Waals surface area contributed by atoms with Gasteiger partial charge in [-0.2, -0.15) is 4.98 Å². The molecule has 0 aliphatic rings. The summed E-state index contributed by atoms with van der Waals surface area (Å²) in [6.07, 6.45) is 0.694. The lowest BCUT2D eigenvalue weighted by molar-refractivity contribution is 0.374. The first-order chi connectivity index (χ1) is 7.61. The fourth-order valence-electron chi connectivity index (χ4n) is 1.20. The molecule has 1 heterocycles. The van der Waals surface area contributed by atoms with E-state index in [2.05, 4.69) is 39.6 Å². The van der Waals surface area contributed by atoms with E-state index in [1.54, 1.807) is 14.0 Å². The second-order valence-electron chi connectivity index (χ2n) is 3.78. The first-order valence-electron chi connectivity index (χ1n) is 5.38. The maximum absolute atomic E-state index is 5.00. The van der Waals surface area contributed by atoms with Crippen molar-refractivity contribution in [2.45, 2.75) is 33.2 Å². The van der Waals surface area contributed by atoms with E-state index in [1.165, 1.54) is 0 Å². The number of guanidine groups is 1. The first-order valence-corrected chi connectivity index (χ1v) is 5.38.